The van der Waals surface area contributed by atoms with Crippen molar-refractivity contribution in [1.29, 1.82) is 0 Å². The maximum atomic E-state index is 3.89. The lowest BCUT2D eigenvalue weighted by Gasteiger charge is -2.03. The van der Waals surface area contributed by atoms with E-state index < -0.39 is 0 Å². The summed E-state index contributed by atoms with van der Waals surface area (Å²) in [5.41, 5.74) is 0. The smallest absolute Gasteiger partial charge is 0.0353 e. The Hall–Kier alpha value is -0.260. The second-order valence-corrected chi connectivity index (χ2v) is 6.59. The van der Waals surface area contributed by atoms with Crippen LogP contribution in [0.15, 0.2) is 12.7 Å². The molecule has 0 fully saturated rings. The van der Waals surface area contributed by atoms with Gasteiger partial charge in [0.2, 0.25) is 0 Å². The van der Waals surface area contributed by atoms with E-state index >= 15 is 0 Å². The van der Waals surface area contributed by atoms with E-state index in [2.05, 4.69) is 13.5 Å². The predicted octanol–water partition coefficient (Wildman–Crippen LogP) is 8.03. The summed E-state index contributed by atoms with van der Waals surface area (Å²) >= 11 is 0. The standard InChI is InChI=1S/C21H41/c1-3-5-7-9-11-13-15-17-19-21-20-18-16-14-12-10-8-6-4-2/h3H,1-2,4-21H2. The molecule has 0 aromatic heterocycles. The Morgan fingerprint density at radius 2 is 0.714 bits per heavy atom. The SMILES string of the molecule is [CH2]CCCCCCCCCCCCCCCCCCC=C. The second kappa shape index (κ2) is 19.7. The molecule has 0 saturated carbocycles. The van der Waals surface area contributed by atoms with Crippen molar-refractivity contribution >= 4 is 0 Å². The van der Waals surface area contributed by atoms with E-state index in [0.717, 1.165) is 6.42 Å². The van der Waals surface area contributed by atoms with Crippen molar-refractivity contribution in [3.63, 3.8) is 0 Å². The maximum Gasteiger partial charge on any atom is -0.0353 e. The first-order valence-electron chi connectivity index (χ1n) is 9.82. The number of unbranched alkanes of at least 4 members (excludes halogenated alkanes) is 17. The van der Waals surface area contributed by atoms with Crippen LogP contribution in [0, 0.1) is 6.92 Å². The van der Waals surface area contributed by atoms with Gasteiger partial charge in [0.15, 0.2) is 0 Å². The molecule has 0 aliphatic rings. The van der Waals surface area contributed by atoms with Crippen molar-refractivity contribution in [2.45, 2.75) is 116 Å². The molecule has 0 amide bonds. The van der Waals surface area contributed by atoms with E-state index in [1.807, 2.05) is 6.08 Å². The van der Waals surface area contributed by atoms with Crippen LogP contribution in [0.3, 0.4) is 0 Å². The van der Waals surface area contributed by atoms with Crippen LogP contribution in [-0.2, 0) is 0 Å². The fourth-order valence-corrected chi connectivity index (χ4v) is 2.94. The lowest BCUT2D eigenvalue weighted by molar-refractivity contribution is 0.528. The average molecular weight is 294 g/mol. The summed E-state index contributed by atoms with van der Waals surface area (Å²) in [5, 5.41) is 0. The molecule has 0 spiro atoms. The van der Waals surface area contributed by atoms with Gasteiger partial charge >= 0.3 is 0 Å². The summed E-state index contributed by atoms with van der Waals surface area (Å²) in [6, 6.07) is 0. The Kier molecular flexibility index (Phi) is 19.5. The maximum absolute atomic E-state index is 3.89. The molecule has 0 aromatic rings. The van der Waals surface area contributed by atoms with E-state index in [9.17, 15) is 0 Å². The van der Waals surface area contributed by atoms with Crippen LogP contribution in [-0.4, -0.2) is 0 Å². The van der Waals surface area contributed by atoms with Gasteiger partial charge < -0.3 is 0 Å². The van der Waals surface area contributed by atoms with Crippen molar-refractivity contribution < 1.29 is 0 Å². The summed E-state index contributed by atoms with van der Waals surface area (Å²) in [6.07, 6.45) is 27.3. The fourth-order valence-electron chi connectivity index (χ4n) is 2.94. The van der Waals surface area contributed by atoms with Crippen LogP contribution in [0.5, 0.6) is 0 Å². The van der Waals surface area contributed by atoms with Gasteiger partial charge in [-0.2, -0.15) is 0 Å². The van der Waals surface area contributed by atoms with Crippen LogP contribution < -0.4 is 0 Å². The van der Waals surface area contributed by atoms with Gasteiger partial charge in [0.1, 0.15) is 0 Å². The summed E-state index contributed by atoms with van der Waals surface area (Å²) in [4.78, 5) is 0. The third kappa shape index (κ3) is 19.7. The normalized spacial score (nSPS) is 10.9. The van der Waals surface area contributed by atoms with E-state index in [1.165, 1.54) is 109 Å². The fraction of sp³-hybridized carbons (Fsp3) is 0.857. The summed E-state index contributed by atoms with van der Waals surface area (Å²) in [7, 11) is 0. The number of allylic oxidation sites excluding steroid dienone is 1. The predicted molar refractivity (Wildman–Crippen MR) is 98.7 cm³/mol. The van der Waals surface area contributed by atoms with Crippen molar-refractivity contribution in [3.8, 4) is 0 Å². The topological polar surface area (TPSA) is 0 Å². The Labute approximate surface area is 135 Å². The molecule has 0 heteroatoms. The average Bonchev–Trinajstić information content (AvgIpc) is 2.50. The second-order valence-electron chi connectivity index (χ2n) is 6.59. The molecule has 0 rings (SSSR count). The quantitative estimate of drug-likeness (QED) is 0.177. The summed E-state index contributed by atoms with van der Waals surface area (Å²) < 4.78 is 0. The van der Waals surface area contributed by atoms with E-state index in [-0.39, 0.29) is 0 Å². The van der Waals surface area contributed by atoms with Gasteiger partial charge in [-0.25, -0.2) is 0 Å². The molecule has 0 saturated heterocycles. The number of hydrogen-bond acceptors (Lipinski definition) is 0. The molecule has 0 aliphatic heterocycles. The monoisotopic (exact) mass is 293 g/mol. The molecule has 0 heterocycles. The molecule has 0 nitrogen and oxygen atoms in total. The van der Waals surface area contributed by atoms with Crippen LogP contribution in [0.4, 0.5) is 0 Å². The molecule has 1 radical (unpaired) electrons. The zero-order chi connectivity index (χ0) is 15.4. The Bertz CT molecular complexity index is 182. The minimum atomic E-state index is 1.12. The summed E-state index contributed by atoms with van der Waals surface area (Å²) in [5.74, 6) is 0. The Morgan fingerprint density at radius 1 is 0.429 bits per heavy atom. The molecule has 0 atom stereocenters. The summed E-state index contributed by atoms with van der Waals surface area (Å²) in [6.45, 7) is 7.66. The van der Waals surface area contributed by atoms with Crippen LogP contribution >= 0.6 is 0 Å². The van der Waals surface area contributed by atoms with Gasteiger partial charge in [-0.3, -0.25) is 0 Å². The molecule has 0 bridgehead atoms. The first-order chi connectivity index (χ1) is 10.4. The van der Waals surface area contributed by atoms with Gasteiger partial charge in [-0.05, 0) is 12.8 Å². The van der Waals surface area contributed by atoms with Crippen LogP contribution in [0.25, 0.3) is 0 Å². The van der Waals surface area contributed by atoms with E-state index in [4.69, 9.17) is 0 Å². The van der Waals surface area contributed by atoms with Gasteiger partial charge in [0.25, 0.3) is 0 Å². The van der Waals surface area contributed by atoms with Crippen LogP contribution in [0.1, 0.15) is 116 Å². The third-order valence-corrected chi connectivity index (χ3v) is 4.41. The van der Waals surface area contributed by atoms with Crippen molar-refractivity contribution in [2.75, 3.05) is 0 Å². The highest BCUT2D eigenvalue weighted by Gasteiger charge is 1.94. The largest absolute Gasteiger partial charge is 0.103 e. The minimum absolute atomic E-state index is 1.12. The van der Waals surface area contributed by atoms with E-state index in [0.29, 0.717) is 0 Å². The minimum Gasteiger partial charge on any atom is -0.103 e. The molecule has 0 aliphatic carbocycles. The Morgan fingerprint density at radius 3 is 1.00 bits per heavy atom. The van der Waals surface area contributed by atoms with Gasteiger partial charge in [-0.1, -0.05) is 116 Å². The lowest BCUT2D eigenvalue weighted by atomic mass is 10.0. The third-order valence-electron chi connectivity index (χ3n) is 4.41. The Balaban J connectivity index is 2.91. The van der Waals surface area contributed by atoms with Gasteiger partial charge in [-0.15, -0.1) is 6.58 Å². The zero-order valence-electron chi connectivity index (χ0n) is 14.7. The molecule has 0 unspecified atom stereocenters. The molecule has 0 aromatic carbocycles. The van der Waals surface area contributed by atoms with E-state index in [1.54, 1.807) is 0 Å². The lowest BCUT2D eigenvalue weighted by Crippen LogP contribution is -1.83. The molecule has 0 N–H and O–H groups in total. The highest BCUT2D eigenvalue weighted by atomic mass is 14.0. The van der Waals surface area contributed by atoms with Gasteiger partial charge in [0.05, 0.1) is 0 Å². The molecular formula is C21H41. The number of hydrogen-bond donors (Lipinski definition) is 0. The van der Waals surface area contributed by atoms with Gasteiger partial charge in [0, 0.05) is 0 Å². The highest BCUT2D eigenvalue weighted by molar-refractivity contribution is 4.65. The van der Waals surface area contributed by atoms with Crippen molar-refractivity contribution in [2.24, 2.45) is 0 Å². The molecule has 125 valence electrons. The molecular weight excluding hydrogens is 252 g/mol. The van der Waals surface area contributed by atoms with Crippen LogP contribution in [0.2, 0.25) is 0 Å². The highest BCUT2D eigenvalue weighted by Crippen LogP contribution is 2.14. The zero-order valence-corrected chi connectivity index (χ0v) is 14.7. The van der Waals surface area contributed by atoms with Crippen molar-refractivity contribution in [1.82, 2.24) is 0 Å². The first-order valence-corrected chi connectivity index (χ1v) is 9.82. The number of rotatable bonds is 18. The molecule has 21 heavy (non-hydrogen) atoms. The first kappa shape index (κ1) is 20.7. The van der Waals surface area contributed by atoms with Crippen molar-refractivity contribution in [3.05, 3.63) is 19.6 Å².